The number of aromatic nitrogens is 1. The molecule has 1 heteroatoms. The van der Waals surface area contributed by atoms with Gasteiger partial charge in [-0.15, -0.1) is 0 Å². The van der Waals surface area contributed by atoms with Crippen LogP contribution in [0, 0.1) is 0 Å². The van der Waals surface area contributed by atoms with E-state index >= 15 is 0 Å². The van der Waals surface area contributed by atoms with Crippen LogP contribution in [0.15, 0.2) is 212 Å². The van der Waals surface area contributed by atoms with E-state index in [0.29, 0.717) is 0 Å². The lowest BCUT2D eigenvalue weighted by Gasteiger charge is -2.20. The Labute approximate surface area is 325 Å². The Morgan fingerprint density at radius 2 is 0.625 bits per heavy atom. The van der Waals surface area contributed by atoms with Crippen LogP contribution in [-0.2, 0) is 0 Å². The molecular weight excluding hydrogens is 675 g/mol. The molecule has 0 spiro atoms. The fraction of sp³-hybridized carbons (Fsp3) is 0. The highest BCUT2D eigenvalue weighted by Crippen LogP contribution is 2.47. The Kier molecular flexibility index (Phi) is 7.57. The van der Waals surface area contributed by atoms with Gasteiger partial charge in [0.2, 0.25) is 0 Å². The number of nitrogens with zero attached hydrogens (tertiary/aromatic N) is 1. The molecule has 1 heterocycles. The Bertz CT molecular complexity index is 3210. The Hall–Kier alpha value is -7.35. The smallest absolute Gasteiger partial charge is 0.0708 e. The largest absolute Gasteiger partial charge is 0.256 e. The molecule has 0 aliphatic carbocycles. The average Bonchev–Trinajstić information content (AvgIpc) is 3.27. The van der Waals surface area contributed by atoms with E-state index in [9.17, 15) is 0 Å². The van der Waals surface area contributed by atoms with E-state index in [1.807, 2.05) is 12.3 Å². The van der Waals surface area contributed by atoms with Crippen molar-refractivity contribution < 1.29 is 0 Å². The van der Waals surface area contributed by atoms with Crippen LogP contribution in [0.25, 0.3) is 110 Å². The molecule has 0 N–H and O–H groups in total. The summed E-state index contributed by atoms with van der Waals surface area (Å²) >= 11 is 0. The summed E-state index contributed by atoms with van der Waals surface area (Å²) in [5.41, 5.74) is 13.3. The van der Waals surface area contributed by atoms with Gasteiger partial charge in [-0.05, 0) is 117 Å². The third-order valence-corrected chi connectivity index (χ3v) is 11.5. The Balaban J connectivity index is 1.13. The lowest BCUT2D eigenvalue weighted by atomic mass is 9.83. The fourth-order valence-electron chi connectivity index (χ4n) is 8.99. The van der Waals surface area contributed by atoms with Crippen LogP contribution in [0.5, 0.6) is 0 Å². The third-order valence-electron chi connectivity index (χ3n) is 11.5. The van der Waals surface area contributed by atoms with Crippen molar-refractivity contribution in [1.82, 2.24) is 4.98 Å². The van der Waals surface area contributed by atoms with Gasteiger partial charge >= 0.3 is 0 Å². The number of benzene rings is 10. The van der Waals surface area contributed by atoms with Gasteiger partial charge in [0.1, 0.15) is 0 Å². The van der Waals surface area contributed by atoms with Crippen LogP contribution < -0.4 is 0 Å². The molecule has 1 aromatic heterocycles. The van der Waals surface area contributed by atoms with Crippen molar-refractivity contribution in [3.8, 4) is 55.6 Å². The number of fused-ring (bicyclic) bond motifs is 5. The Morgan fingerprint density at radius 1 is 0.232 bits per heavy atom. The minimum absolute atomic E-state index is 1.01. The molecule has 0 unspecified atom stereocenters. The molecule has 11 rings (SSSR count). The average molecular weight is 710 g/mol. The maximum Gasteiger partial charge on any atom is 0.0708 e. The molecule has 0 aliphatic heterocycles. The first-order valence-electron chi connectivity index (χ1n) is 19.3. The van der Waals surface area contributed by atoms with E-state index in [4.69, 9.17) is 4.98 Å². The van der Waals surface area contributed by atoms with Gasteiger partial charge in [-0.1, -0.05) is 188 Å². The molecule has 56 heavy (non-hydrogen) atoms. The lowest BCUT2D eigenvalue weighted by molar-refractivity contribution is 1.41. The SMILES string of the molecule is c1ccc(-c2ccc3c(-c4ccc(-c5c6ccccc6c(-c6ccc7cccnc7c6)c6ccccc56)cc4)c4ccccc4c(-c4ccccc4)c3c2)cc1. The molecule has 0 saturated carbocycles. The maximum absolute atomic E-state index is 4.70. The molecular formula is C55H35N. The van der Waals surface area contributed by atoms with Crippen LogP contribution in [0.3, 0.4) is 0 Å². The van der Waals surface area contributed by atoms with Crippen LogP contribution in [0.2, 0.25) is 0 Å². The van der Waals surface area contributed by atoms with Crippen LogP contribution >= 0.6 is 0 Å². The predicted octanol–water partition coefficient (Wildman–Crippen LogP) is 15.2. The van der Waals surface area contributed by atoms with E-state index in [-0.39, 0.29) is 0 Å². The second kappa shape index (κ2) is 13.2. The van der Waals surface area contributed by atoms with Gasteiger partial charge in [0, 0.05) is 11.6 Å². The van der Waals surface area contributed by atoms with E-state index in [0.717, 1.165) is 10.9 Å². The van der Waals surface area contributed by atoms with Crippen LogP contribution in [0.4, 0.5) is 0 Å². The summed E-state index contributed by atoms with van der Waals surface area (Å²) in [7, 11) is 0. The van der Waals surface area contributed by atoms with E-state index in [1.165, 1.54) is 98.7 Å². The minimum atomic E-state index is 1.01. The molecule has 0 amide bonds. The van der Waals surface area contributed by atoms with Gasteiger partial charge in [-0.25, -0.2) is 0 Å². The van der Waals surface area contributed by atoms with Crippen molar-refractivity contribution >= 4 is 54.0 Å². The molecule has 0 bridgehead atoms. The van der Waals surface area contributed by atoms with Gasteiger partial charge in [0.15, 0.2) is 0 Å². The molecule has 0 radical (unpaired) electrons. The fourth-order valence-corrected chi connectivity index (χ4v) is 8.99. The lowest BCUT2D eigenvalue weighted by Crippen LogP contribution is -1.93. The summed E-state index contributed by atoms with van der Waals surface area (Å²) in [4.78, 5) is 4.70. The molecule has 10 aromatic carbocycles. The molecule has 0 aliphatic rings. The summed E-state index contributed by atoms with van der Waals surface area (Å²) in [5, 5.41) is 11.1. The van der Waals surface area contributed by atoms with Crippen LogP contribution in [-0.4, -0.2) is 4.98 Å². The molecule has 11 aromatic rings. The second-order valence-electron chi connectivity index (χ2n) is 14.6. The van der Waals surface area contributed by atoms with E-state index < -0.39 is 0 Å². The third kappa shape index (κ3) is 5.21. The molecule has 260 valence electrons. The van der Waals surface area contributed by atoms with Gasteiger partial charge in [0.05, 0.1) is 5.52 Å². The quantitative estimate of drug-likeness (QED) is 0.162. The molecule has 0 atom stereocenters. The maximum atomic E-state index is 4.70. The molecule has 0 saturated heterocycles. The van der Waals surface area contributed by atoms with E-state index in [2.05, 4.69) is 200 Å². The van der Waals surface area contributed by atoms with Crippen molar-refractivity contribution in [2.45, 2.75) is 0 Å². The first-order valence-corrected chi connectivity index (χ1v) is 19.3. The number of pyridine rings is 1. The first kappa shape index (κ1) is 32.1. The van der Waals surface area contributed by atoms with E-state index in [1.54, 1.807) is 0 Å². The van der Waals surface area contributed by atoms with Crippen molar-refractivity contribution in [2.75, 3.05) is 0 Å². The van der Waals surface area contributed by atoms with Crippen molar-refractivity contribution in [3.05, 3.63) is 212 Å². The normalized spacial score (nSPS) is 11.6. The summed E-state index contributed by atoms with van der Waals surface area (Å²) in [6.07, 6.45) is 1.88. The zero-order chi connectivity index (χ0) is 37.0. The number of rotatable bonds is 5. The second-order valence-corrected chi connectivity index (χ2v) is 14.6. The standard InChI is InChI=1S/C55H35N/c1-3-14-36(15-4-1)41-31-32-49-50(34-41)54(38-16-5-2-6-17-38)46-22-10-7-19-43(46)53(49)40-28-26-39(27-29-40)52-44-20-8-11-23-47(44)55(48-24-12-9-21-45(48)52)42-30-25-37-18-13-33-56-51(37)35-42/h1-35H. The van der Waals surface area contributed by atoms with Crippen LogP contribution in [0.1, 0.15) is 0 Å². The van der Waals surface area contributed by atoms with Gasteiger partial charge in [-0.3, -0.25) is 4.98 Å². The summed E-state index contributed by atoms with van der Waals surface area (Å²) in [6, 6.07) is 75.3. The first-order chi connectivity index (χ1) is 27.8. The van der Waals surface area contributed by atoms with Crippen molar-refractivity contribution in [3.63, 3.8) is 0 Å². The summed E-state index contributed by atoms with van der Waals surface area (Å²) in [5.74, 6) is 0. The van der Waals surface area contributed by atoms with Gasteiger partial charge in [-0.2, -0.15) is 0 Å². The number of hydrogen-bond donors (Lipinski definition) is 0. The minimum Gasteiger partial charge on any atom is -0.256 e. The highest BCUT2D eigenvalue weighted by molar-refractivity contribution is 6.23. The van der Waals surface area contributed by atoms with Gasteiger partial charge < -0.3 is 0 Å². The number of hydrogen-bond acceptors (Lipinski definition) is 1. The monoisotopic (exact) mass is 709 g/mol. The highest BCUT2D eigenvalue weighted by Gasteiger charge is 2.20. The predicted molar refractivity (Wildman–Crippen MR) is 239 cm³/mol. The van der Waals surface area contributed by atoms with Crippen molar-refractivity contribution in [1.29, 1.82) is 0 Å². The summed E-state index contributed by atoms with van der Waals surface area (Å²) in [6.45, 7) is 0. The summed E-state index contributed by atoms with van der Waals surface area (Å²) < 4.78 is 0. The zero-order valence-corrected chi connectivity index (χ0v) is 30.7. The van der Waals surface area contributed by atoms with Gasteiger partial charge in [0.25, 0.3) is 0 Å². The molecule has 0 fully saturated rings. The topological polar surface area (TPSA) is 12.9 Å². The molecule has 1 nitrogen and oxygen atoms in total. The Morgan fingerprint density at radius 3 is 1.16 bits per heavy atom. The van der Waals surface area contributed by atoms with Crippen molar-refractivity contribution in [2.24, 2.45) is 0 Å². The zero-order valence-electron chi connectivity index (χ0n) is 30.7. The highest BCUT2D eigenvalue weighted by atomic mass is 14.6.